The molecule has 3 rings (SSSR count). The van der Waals surface area contributed by atoms with Crippen LogP contribution in [-0.2, 0) is 6.42 Å². The molecule has 0 saturated heterocycles. The van der Waals surface area contributed by atoms with E-state index in [-0.39, 0.29) is 11.3 Å². The molecule has 146 valence electrons. The molecule has 0 aliphatic carbocycles. The molecule has 0 amide bonds. The van der Waals surface area contributed by atoms with Crippen LogP contribution in [0.3, 0.4) is 0 Å². The molecule has 0 fully saturated rings. The molecule has 0 heterocycles. The molecule has 0 spiro atoms. The van der Waals surface area contributed by atoms with Crippen LogP contribution in [0.4, 0.5) is 13.2 Å². The van der Waals surface area contributed by atoms with Crippen molar-refractivity contribution in [2.45, 2.75) is 26.4 Å². The number of aryl methyl sites for hydroxylation is 1. The van der Waals surface area contributed by atoms with Gasteiger partial charge in [-0.1, -0.05) is 30.3 Å². The lowest BCUT2D eigenvalue weighted by Gasteiger charge is -2.15. The first kappa shape index (κ1) is 19.8. The average Bonchev–Trinajstić information content (AvgIpc) is 2.67. The molecule has 0 bridgehead atoms. The number of allylic oxidation sites excluding steroid dienone is 1. The average molecular weight is 386 g/mol. The molecular weight excluding hydrogens is 365 g/mol. The smallest absolute Gasteiger partial charge is 0.387 e. The third-order valence-corrected chi connectivity index (χ3v) is 4.42. The normalized spacial score (nSPS) is 11.0. The van der Waals surface area contributed by atoms with Crippen LogP contribution in [0.15, 0.2) is 61.2 Å². The Kier molecular flexibility index (Phi) is 6.24. The Morgan fingerprint density at radius 1 is 1.07 bits per heavy atom. The minimum Gasteiger partial charge on any atom is -0.494 e. The number of rotatable bonds is 8. The highest BCUT2D eigenvalue weighted by Crippen LogP contribution is 2.39. The van der Waals surface area contributed by atoms with Crippen LogP contribution in [0, 0.1) is 5.82 Å². The Morgan fingerprint density at radius 2 is 1.82 bits per heavy atom. The number of hydrogen-bond acceptors (Lipinski definition) is 2. The van der Waals surface area contributed by atoms with Gasteiger partial charge in [0, 0.05) is 5.39 Å². The van der Waals surface area contributed by atoms with Gasteiger partial charge in [-0.25, -0.2) is 4.39 Å². The molecule has 3 aromatic rings. The summed E-state index contributed by atoms with van der Waals surface area (Å²) in [5.41, 5.74) is 1.56. The number of fused-ring (bicyclic) bond motifs is 1. The molecule has 0 aliphatic heterocycles. The molecule has 5 heteroatoms. The molecule has 0 saturated carbocycles. The van der Waals surface area contributed by atoms with E-state index < -0.39 is 12.4 Å². The number of benzene rings is 3. The van der Waals surface area contributed by atoms with Crippen molar-refractivity contribution in [2.75, 3.05) is 6.61 Å². The fourth-order valence-corrected chi connectivity index (χ4v) is 3.14. The number of halogens is 3. The van der Waals surface area contributed by atoms with Crippen LogP contribution in [0.25, 0.3) is 21.9 Å². The van der Waals surface area contributed by atoms with Gasteiger partial charge in [-0.05, 0) is 60.5 Å². The van der Waals surface area contributed by atoms with Gasteiger partial charge < -0.3 is 9.47 Å². The van der Waals surface area contributed by atoms with Crippen molar-refractivity contribution in [2.24, 2.45) is 0 Å². The predicted molar refractivity (Wildman–Crippen MR) is 106 cm³/mol. The van der Waals surface area contributed by atoms with Crippen LogP contribution < -0.4 is 9.47 Å². The summed E-state index contributed by atoms with van der Waals surface area (Å²) in [4.78, 5) is 0. The third-order valence-electron chi connectivity index (χ3n) is 4.42. The summed E-state index contributed by atoms with van der Waals surface area (Å²) in [6, 6.07) is 13.4. The first-order chi connectivity index (χ1) is 13.5. The van der Waals surface area contributed by atoms with E-state index in [4.69, 9.17) is 4.74 Å². The van der Waals surface area contributed by atoms with Gasteiger partial charge in [-0.15, -0.1) is 6.58 Å². The summed E-state index contributed by atoms with van der Waals surface area (Å²) >= 11 is 0. The van der Waals surface area contributed by atoms with Crippen molar-refractivity contribution >= 4 is 10.8 Å². The summed E-state index contributed by atoms with van der Waals surface area (Å²) in [6.45, 7) is 2.91. The van der Waals surface area contributed by atoms with E-state index in [1.807, 2.05) is 25.1 Å². The number of alkyl halides is 2. The summed E-state index contributed by atoms with van der Waals surface area (Å²) in [6.07, 6.45) is 3.46. The van der Waals surface area contributed by atoms with E-state index in [0.29, 0.717) is 28.7 Å². The van der Waals surface area contributed by atoms with Crippen molar-refractivity contribution in [3.8, 4) is 22.6 Å². The third kappa shape index (κ3) is 4.30. The molecule has 0 aliphatic rings. The van der Waals surface area contributed by atoms with Crippen LogP contribution in [0.1, 0.15) is 18.9 Å². The maximum Gasteiger partial charge on any atom is 0.387 e. The van der Waals surface area contributed by atoms with E-state index in [1.54, 1.807) is 30.3 Å². The standard InChI is InChI=1S/C23H21F3O2/c1-3-5-6-15-7-9-16(10-8-15)21-20(28-23(25)26)14-17-13-18(27-4-2)11-12-19(17)22(21)24/h3,7-14,23H,1,4-6H2,2H3. The van der Waals surface area contributed by atoms with Crippen LogP contribution in [-0.4, -0.2) is 13.2 Å². The minimum absolute atomic E-state index is 0.0206. The van der Waals surface area contributed by atoms with Gasteiger partial charge in [-0.3, -0.25) is 0 Å². The molecule has 3 aromatic carbocycles. The van der Waals surface area contributed by atoms with Gasteiger partial charge in [0.25, 0.3) is 0 Å². The molecule has 28 heavy (non-hydrogen) atoms. The van der Waals surface area contributed by atoms with Gasteiger partial charge in [0.15, 0.2) is 0 Å². The highest BCUT2D eigenvalue weighted by Gasteiger charge is 2.19. The van der Waals surface area contributed by atoms with Crippen LogP contribution in [0.5, 0.6) is 11.5 Å². The van der Waals surface area contributed by atoms with Crippen LogP contribution >= 0.6 is 0 Å². The lowest BCUT2D eigenvalue weighted by molar-refractivity contribution is -0.0494. The number of hydrogen-bond donors (Lipinski definition) is 0. The molecule has 0 atom stereocenters. The zero-order chi connectivity index (χ0) is 20.1. The van der Waals surface area contributed by atoms with Crippen molar-refractivity contribution in [1.82, 2.24) is 0 Å². The molecule has 0 radical (unpaired) electrons. The molecule has 2 nitrogen and oxygen atoms in total. The lowest BCUT2D eigenvalue weighted by atomic mass is 9.97. The molecule has 0 unspecified atom stereocenters. The largest absolute Gasteiger partial charge is 0.494 e. The summed E-state index contributed by atoms with van der Waals surface area (Å²) in [7, 11) is 0. The summed E-state index contributed by atoms with van der Waals surface area (Å²) in [5, 5.41) is 0.751. The molecular formula is C23H21F3O2. The van der Waals surface area contributed by atoms with Gasteiger partial charge in [-0.2, -0.15) is 8.78 Å². The van der Waals surface area contributed by atoms with E-state index in [9.17, 15) is 8.78 Å². The quantitative estimate of drug-likeness (QED) is 0.398. The van der Waals surface area contributed by atoms with E-state index in [2.05, 4.69) is 11.3 Å². The van der Waals surface area contributed by atoms with Gasteiger partial charge in [0.05, 0.1) is 12.2 Å². The number of ether oxygens (including phenoxy) is 2. The van der Waals surface area contributed by atoms with Gasteiger partial charge >= 0.3 is 6.61 Å². The summed E-state index contributed by atoms with van der Waals surface area (Å²) < 4.78 is 51.3. The minimum atomic E-state index is -3.06. The van der Waals surface area contributed by atoms with E-state index in [0.717, 1.165) is 18.4 Å². The Bertz CT molecular complexity index is 966. The highest BCUT2D eigenvalue weighted by atomic mass is 19.3. The van der Waals surface area contributed by atoms with Crippen molar-refractivity contribution < 1.29 is 22.6 Å². The molecule has 0 N–H and O–H groups in total. The first-order valence-electron chi connectivity index (χ1n) is 9.07. The fourth-order valence-electron chi connectivity index (χ4n) is 3.14. The van der Waals surface area contributed by atoms with Crippen molar-refractivity contribution in [1.29, 1.82) is 0 Å². The Hall–Kier alpha value is -2.95. The Morgan fingerprint density at radius 3 is 2.46 bits per heavy atom. The van der Waals surface area contributed by atoms with Crippen molar-refractivity contribution in [3.63, 3.8) is 0 Å². The lowest BCUT2D eigenvalue weighted by Crippen LogP contribution is -2.05. The molecule has 0 aromatic heterocycles. The van der Waals surface area contributed by atoms with E-state index in [1.165, 1.54) is 6.07 Å². The zero-order valence-corrected chi connectivity index (χ0v) is 15.6. The zero-order valence-electron chi connectivity index (χ0n) is 15.6. The second kappa shape index (κ2) is 8.83. The summed E-state index contributed by atoms with van der Waals surface area (Å²) in [5.74, 6) is -0.265. The van der Waals surface area contributed by atoms with Gasteiger partial charge in [0.1, 0.15) is 17.3 Å². The fraction of sp³-hybridized carbons (Fsp3) is 0.217. The van der Waals surface area contributed by atoms with Crippen LogP contribution in [0.2, 0.25) is 0 Å². The maximum absolute atomic E-state index is 15.3. The first-order valence-corrected chi connectivity index (χ1v) is 9.07. The van der Waals surface area contributed by atoms with Gasteiger partial charge in [0.2, 0.25) is 0 Å². The van der Waals surface area contributed by atoms with E-state index >= 15 is 4.39 Å². The Labute approximate surface area is 162 Å². The van der Waals surface area contributed by atoms with Crippen molar-refractivity contribution in [3.05, 3.63) is 72.6 Å². The topological polar surface area (TPSA) is 18.5 Å². The second-order valence-corrected chi connectivity index (χ2v) is 6.28. The highest BCUT2D eigenvalue weighted by molar-refractivity contribution is 5.92. The Balaban J connectivity index is 2.12. The SMILES string of the molecule is C=CCCc1ccc(-c2c(OC(F)F)cc3cc(OCC)ccc3c2F)cc1. The predicted octanol–water partition coefficient (Wildman–Crippen LogP) is 6.76. The second-order valence-electron chi connectivity index (χ2n) is 6.28. The maximum atomic E-state index is 15.3. The monoisotopic (exact) mass is 386 g/mol.